The van der Waals surface area contributed by atoms with E-state index in [1.165, 1.54) is 0 Å². The Kier molecular flexibility index (Phi) is 2.54. The summed E-state index contributed by atoms with van der Waals surface area (Å²) < 4.78 is 0. The molecule has 0 amide bonds. The molecule has 1 aliphatic rings. The first-order valence-electron chi connectivity index (χ1n) is 4.96. The van der Waals surface area contributed by atoms with Gasteiger partial charge in [-0.25, -0.2) is 0 Å². The molecule has 0 saturated heterocycles. The molecule has 0 heterocycles. The second-order valence-corrected chi connectivity index (χ2v) is 5.40. The van der Waals surface area contributed by atoms with Crippen molar-refractivity contribution in [2.75, 3.05) is 0 Å². The molecule has 76 valence electrons. The fraction of sp³-hybridized carbons (Fsp3) is 0.667. The average Bonchev–Trinajstić information content (AvgIpc) is 2.77. The standard InChI is InChI=1S/C12H17NO/c1-11(2,3)10(14)9(8-13)7-12(4)5-6-12/h7H,5-6H2,1-4H3/b9-7+. The zero-order valence-electron chi connectivity index (χ0n) is 9.35. The summed E-state index contributed by atoms with van der Waals surface area (Å²) in [7, 11) is 0. The van der Waals surface area contributed by atoms with Crippen LogP contribution in [-0.2, 0) is 4.79 Å². The molecule has 2 nitrogen and oxygen atoms in total. The summed E-state index contributed by atoms with van der Waals surface area (Å²) in [6.45, 7) is 7.61. The van der Waals surface area contributed by atoms with Gasteiger partial charge < -0.3 is 0 Å². The SMILES string of the molecule is CC1(/C=C(\C#N)C(=O)C(C)(C)C)CC1. The van der Waals surface area contributed by atoms with Crippen LogP contribution >= 0.6 is 0 Å². The fourth-order valence-electron chi connectivity index (χ4n) is 1.24. The van der Waals surface area contributed by atoms with Crippen molar-refractivity contribution in [3.05, 3.63) is 11.6 Å². The summed E-state index contributed by atoms with van der Waals surface area (Å²) in [4.78, 5) is 11.8. The molecule has 1 saturated carbocycles. The molecule has 1 aliphatic carbocycles. The van der Waals surface area contributed by atoms with Gasteiger partial charge in [0, 0.05) is 5.41 Å². The van der Waals surface area contributed by atoms with Crippen LogP contribution in [0.4, 0.5) is 0 Å². The number of hydrogen-bond acceptors (Lipinski definition) is 2. The van der Waals surface area contributed by atoms with E-state index < -0.39 is 5.41 Å². The Hall–Kier alpha value is -1.10. The highest BCUT2D eigenvalue weighted by molar-refractivity contribution is 6.02. The Morgan fingerprint density at radius 2 is 1.93 bits per heavy atom. The maximum Gasteiger partial charge on any atom is 0.178 e. The minimum absolute atomic E-state index is 0.0480. The minimum Gasteiger partial charge on any atom is -0.293 e. The molecular formula is C12H17NO. The molecule has 0 atom stereocenters. The number of Topliss-reactive ketones (excluding diaryl/α,β-unsaturated/α-hetero) is 1. The highest BCUT2D eigenvalue weighted by atomic mass is 16.1. The molecule has 0 aromatic heterocycles. The molecule has 1 rings (SSSR count). The van der Waals surface area contributed by atoms with Crippen LogP contribution < -0.4 is 0 Å². The third kappa shape index (κ3) is 2.45. The van der Waals surface area contributed by atoms with E-state index in [1.54, 1.807) is 0 Å². The van der Waals surface area contributed by atoms with Crippen LogP contribution in [0.3, 0.4) is 0 Å². The van der Waals surface area contributed by atoms with Crippen molar-refractivity contribution in [1.29, 1.82) is 5.26 Å². The molecule has 0 N–H and O–H groups in total. The van der Waals surface area contributed by atoms with Gasteiger partial charge >= 0.3 is 0 Å². The van der Waals surface area contributed by atoms with Gasteiger partial charge in [-0.1, -0.05) is 33.8 Å². The number of nitrogens with zero attached hydrogens (tertiary/aromatic N) is 1. The Labute approximate surface area is 85.6 Å². The zero-order valence-corrected chi connectivity index (χ0v) is 9.35. The molecule has 1 fully saturated rings. The second-order valence-electron chi connectivity index (χ2n) is 5.40. The van der Waals surface area contributed by atoms with E-state index >= 15 is 0 Å². The average molecular weight is 191 g/mol. The van der Waals surface area contributed by atoms with Crippen LogP contribution in [0.5, 0.6) is 0 Å². The van der Waals surface area contributed by atoms with Gasteiger partial charge in [-0.15, -0.1) is 0 Å². The number of rotatable bonds is 2. The molecular weight excluding hydrogens is 174 g/mol. The normalized spacial score (nSPS) is 20.1. The summed E-state index contributed by atoms with van der Waals surface area (Å²) in [5.41, 5.74) is -0.00352. The van der Waals surface area contributed by atoms with Crippen molar-refractivity contribution in [1.82, 2.24) is 0 Å². The second kappa shape index (κ2) is 3.24. The van der Waals surface area contributed by atoms with Crippen LogP contribution in [0.15, 0.2) is 11.6 Å². The number of carbonyl (C=O) groups excluding carboxylic acids is 1. The van der Waals surface area contributed by atoms with Gasteiger partial charge in [-0.3, -0.25) is 4.79 Å². The maximum atomic E-state index is 11.8. The van der Waals surface area contributed by atoms with Crippen molar-refractivity contribution < 1.29 is 4.79 Å². The van der Waals surface area contributed by atoms with Crippen molar-refractivity contribution >= 4 is 5.78 Å². The molecule has 0 bridgehead atoms. The summed E-state index contributed by atoms with van der Waals surface area (Å²) in [5.74, 6) is -0.0480. The molecule has 2 heteroatoms. The Bertz CT molecular complexity index is 321. The third-order valence-electron chi connectivity index (χ3n) is 2.58. The first-order valence-corrected chi connectivity index (χ1v) is 4.96. The van der Waals surface area contributed by atoms with E-state index in [1.807, 2.05) is 32.9 Å². The number of ketones is 1. The van der Waals surface area contributed by atoms with E-state index in [9.17, 15) is 4.79 Å². The molecule has 0 aliphatic heterocycles. The van der Waals surface area contributed by atoms with E-state index in [2.05, 4.69) is 6.92 Å². The lowest BCUT2D eigenvalue weighted by Crippen LogP contribution is -2.22. The monoisotopic (exact) mass is 191 g/mol. The van der Waals surface area contributed by atoms with Crippen molar-refractivity contribution in [3.8, 4) is 6.07 Å². The number of nitriles is 1. The maximum absolute atomic E-state index is 11.8. The third-order valence-corrected chi connectivity index (χ3v) is 2.58. The van der Waals surface area contributed by atoms with Gasteiger partial charge in [0.1, 0.15) is 6.07 Å². The lowest BCUT2D eigenvalue weighted by atomic mass is 9.85. The minimum atomic E-state index is -0.452. The van der Waals surface area contributed by atoms with Crippen LogP contribution in [0.25, 0.3) is 0 Å². The summed E-state index contributed by atoms with van der Waals surface area (Å²) in [6, 6.07) is 2.02. The van der Waals surface area contributed by atoms with Gasteiger partial charge in [0.05, 0.1) is 5.57 Å². The van der Waals surface area contributed by atoms with Crippen LogP contribution in [-0.4, -0.2) is 5.78 Å². The summed E-state index contributed by atoms with van der Waals surface area (Å²) in [5, 5.41) is 8.91. The van der Waals surface area contributed by atoms with Gasteiger partial charge in [-0.2, -0.15) is 5.26 Å². The predicted molar refractivity (Wildman–Crippen MR) is 55.5 cm³/mol. The van der Waals surface area contributed by atoms with E-state index in [0.717, 1.165) is 12.8 Å². The van der Waals surface area contributed by atoms with E-state index in [4.69, 9.17) is 5.26 Å². The Balaban J connectivity index is 2.89. The molecule has 0 spiro atoms. The largest absolute Gasteiger partial charge is 0.293 e. The number of carbonyl (C=O) groups is 1. The zero-order chi connectivity index (χ0) is 11.0. The number of hydrogen-bond donors (Lipinski definition) is 0. The topological polar surface area (TPSA) is 40.9 Å². The quantitative estimate of drug-likeness (QED) is 0.497. The lowest BCUT2D eigenvalue weighted by Gasteiger charge is -2.16. The van der Waals surface area contributed by atoms with Crippen LogP contribution in [0.1, 0.15) is 40.5 Å². The van der Waals surface area contributed by atoms with Crippen molar-refractivity contribution in [2.45, 2.75) is 40.5 Å². The van der Waals surface area contributed by atoms with Crippen LogP contribution in [0.2, 0.25) is 0 Å². The molecule has 0 radical (unpaired) electrons. The van der Waals surface area contributed by atoms with E-state index in [0.29, 0.717) is 5.57 Å². The van der Waals surface area contributed by atoms with Gasteiger partial charge in [0.2, 0.25) is 0 Å². The van der Waals surface area contributed by atoms with Crippen molar-refractivity contribution in [2.24, 2.45) is 10.8 Å². The predicted octanol–water partition coefficient (Wildman–Crippen LogP) is 2.85. The van der Waals surface area contributed by atoms with Gasteiger partial charge in [0.15, 0.2) is 5.78 Å². The van der Waals surface area contributed by atoms with Gasteiger partial charge in [0.25, 0.3) is 0 Å². The Morgan fingerprint density at radius 1 is 1.43 bits per heavy atom. The summed E-state index contributed by atoms with van der Waals surface area (Å²) >= 11 is 0. The van der Waals surface area contributed by atoms with Crippen LogP contribution in [0, 0.1) is 22.2 Å². The Morgan fingerprint density at radius 3 is 2.21 bits per heavy atom. The van der Waals surface area contributed by atoms with Gasteiger partial charge in [-0.05, 0) is 18.3 Å². The smallest absolute Gasteiger partial charge is 0.178 e. The number of allylic oxidation sites excluding steroid dienone is 2. The molecule has 0 aromatic carbocycles. The van der Waals surface area contributed by atoms with Crippen molar-refractivity contribution in [3.63, 3.8) is 0 Å². The fourth-order valence-corrected chi connectivity index (χ4v) is 1.24. The first kappa shape index (κ1) is 11.0. The van der Waals surface area contributed by atoms with E-state index in [-0.39, 0.29) is 11.2 Å². The first-order chi connectivity index (χ1) is 6.28. The highest BCUT2D eigenvalue weighted by Crippen LogP contribution is 2.47. The lowest BCUT2D eigenvalue weighted by molar-refractivity contribution is -0.122. The summed E-state index contributed by atoms with van der Waals surface area (Å²) in [6.07, 6.45) is 4.03. The molecule has 0 unspecified atom stereocenters. The molecule has 0 aromatic rings. The highest BCUT2D eigenvalue weighted by Gasteiger charge is 2.37. The molecule has 14 heavy (non-hydrogen) atoms.